The molecule has 1 saturated carbocycles. The lowest BCUT2D eigenvalue weighted by Gasteiger charge is -2.21. The van der Waals surface area contributed by atoms with Crippen LogP contribution in [-0.2, 0) is 21.4 Å². The first-order valence-electron chi connectivity index (χ1n) is 8.73. The minimum Gasteiger partial charge on any atom is -0.326 e. The molecule has 0 bridgehead atoms. The Morgan fingerprint density at radius 1 is 1.12 bits per heavy atom. The molecule has 2 N–H and O–H groups in total. The maximum atomic E-state index is 12.2. The monoisotopic (exact) mass is 352 g/mol. The van der Waals surface area contributed by atoms with E-state index in [1.807, 2.05) is 26.0 Å². The Morgan fingerprint density at radius 3 is 2.33 bits per heavy atom. The molecule has 0 unspecified atom stereocenters. The first-order valence-corrected chi connectivity index (χ1v) is 10.4. The molecular formula is C18H28N2O3S. The first kappa shape index (κ1) is 18.9. The van der Waals surface area contributed by atoms with E-state index >= 15 is 0 Å². The predicted molar refractivity (Wildman–Crippen MR) is 97.1 cm³/mol. The third-order valence-electron chi connectivity index (χ3n) is 4.42. The maximum Gasteiger partial charge on any atom is 0.226 e. The van der Waals surface area contributed by atoms with Crippen LogP contribution in [0.4, 0.5) is 5.69 Å². The van der Waals surface area contributed by atoms with E-state index in [9.17, 15) is 13.2 Å². The summed E-state index contributed by atoms with van der Waals surface area (Å²) in [5, 5.41) is 2.82. The largest absolute Gasteiger partial charge is 0.326 e. The average molecular weight is 353 g/mol. The molecule has 0 aliphatic heterocycles. The summed E-state index contributed by atoms with van der Waals surface area (Å²) in [4.78, 5) is 11.6. The lowest BCUT2D eigenvalue weighted by Crippen LogP contribution is -2.30. The molecule has 1 aromatic carbocycles. The standard InChI is InChI=1S/C18H28N2O3S/c1-14(2)18(21)20-17-10-8-15(9-11-17)12-19-24(22,23)13-16-6-4-3-5-7-16/h8-11,14,16,19H,3-7,12-13H2,1-2H3,(H,20,21). The number of nitrogens with one attached hydrogen (secondary N) is 2. The number of amides is 1. The molecule has 0 spiro atoms. The van der Waals surface area contributed by atoms with Gasteiger partial charge in [-0.25, -0.2) is 13.1 Å². The molecule has 1 fully saturated rings. The fourth-order valence-corrected chi connectivity index (χ4v) is 4.37. The molecular weight excluding hydrogens is 324 g/mol. The Labute approximate surface area is 145 Å². The summed E-state index contributed by atoms with van der Waals surface area (Å²) in [7, 11) is -3.24. The normalized spacial score (nSPS) is 16.3. The first-order chi connectivity index (χ1) is 11.4. The summed E-state index contributed by atoms with van der Waals surface area (Å²) in [5.41, 5.74) is 1.60. The van der Waals surface area contributed by atoms with Crippen LogP contribution in [0.5, 0.6) is 0 Å². The molecule has 6 heteroatoms. The zero-order valence-electron chi connectivity index (χ0n) is 14.5. The highest BCUT2D eigenvalue weighted by Gasteiger charge is 2.21. The number of hydrogen-bond donors (Lipinski definition) is 2. The minimum atomic E-state index is -3.24. The van der Waals surface area contributed by atoms with Gasteiger partial charge in [0.25, 0.3) is 0 Å². The van der Waals surface area contributed by atoms with Crippen LogP contribution in [0.2, 0.25) is 0 Å². The zero-order valence-corrected chi connectivity index (χ0v) is 15.4. The summed E-state index contributed by atoms with van der Waals surface area (Å²) in [6.07, 6.45) is 5.55. The highest BCUT2D eigenvalue weighted by molar-refractivity contribution is 7.89. The zero-order chi connectivity index (χ0) is 17.6. The van der Waals surface area contributed by atoms with E-state index in [1.54, 1.807) is 12.1 Å². The Morgan fingerprint density at radius 2 is 1.75 bits per heavy atom. The summed E-state index contributed by atoms with van der Waals surface area (Å²) < 4.78 is 27.1. The number of sulfonamides is 1. The molecule has 2 rings (SSSR count). The van der Waals surface area contributed by atoms with Crippen LogP contribution in [0.3, 0.4) is 0 Å². The van der Waals surface area contributed by atoms with E-state index in [0.717, 1.165) is 36.9 Å². The van der Waals surface area contributed by atoms with Crippen molar-refractivity contribution in [3.63, 3.8) is 0 Å². The summed E-state index contributed by atoms with van der Waals surface area (Å²) in [5.74, 6) is 0.423. The number of anilines is 1. The average Bonchev–Trinajstić information content (AvgIpc) is 2.54. The molecule has 0 radical (unpaired) electrons. The number of benzene rings is 1. The van der Waals surface area contributed by atoms with E-state index < -0.39 is 10.0 Å². The molecule has 134 valence electrons. The van der Waals surface area contributed by atoms with Gasteiger partial charge in [0.1, 0.15) is 0 Å². The highest BCUT2D eigenvalue weighted by atomic mass is 32.2. The van der Waals surface area contributed by atoms with Gasteiger partial charge in [-0.1, -0.05) is 45.2 Å². The van der Waals surface area contributed by atoms with Crippen LogP contribution < -0.4 is 10.0 Å². The second-order valence-electron chi connectivity index (χ2n) is 6.95. The fraction of sp³-hybridized carbons (Fsp3) is 0.611. The second kappa shape index (κ2) is 8.62. The molecule has 0 aromatic heterocycles. The fourth-order valence-electron chi connectivity index (χ4n) is 2.91. The van der Waals surface area contributed by atoms with Crippen LogP contribution in [0.15, 0.2) is 24.3 Å². The van der Waals surface area contributed by atoms with Crippen molar-refractivity contribution in [3.8, 4) is 0 Å². The van der Waals surface area contributed by atoms with Gasteiger partial charge >= 0.3 is 0 Å². The van der Waals surface area contributed by atoms with Crippen LogP contribution in [0.25, 0.3) is 0 Å². The Hall–Kier alpha value is -1.40. The van der Waals surface area contributed by atoms with Gasteiger partial charge in [-0.05, 0) is 36.5 Å². The van der Waals surface area contributed by atoms with Gasteiger partial charge in [0.15, 0.2) is 0 Å². The summed E-state index contributed by atoms with van der Waals surface area (Å²) in [6, 6.07) is 7.26. The number of rotatable bonds is 7. The minimum absolute atomic E-state index is 0.0315. The quantitative estimate of drug-likeness (QED) is 0.791. The Kier molecular flexibility index (Phi) is 6.80. The third kappa shape index (κ3) is 6.24. The van der Waals surface area contributed by atoms with Crippen molar-refractivity contribution < 1.29 is 13.2 Å². The van der Waals surface area contributed by atoms with Gasteiger partial charge in [0.05, 0.1) is 5.75 Å². The lowest BCUT2D eigenvalue weighted by atomic mass is 9.91. The van der Waals surface area contributed by atoms with Crippen molar-refractivity contribution in [3.05, 3.63) is 29.8 Å². The molecule has 1 aromatic rings. The van der Waals surface area contributed by atoms with Crippen LogP contribution >= 0.6 is 0 Å². The topological polar surface area (TPSA) is 75.3 Å². The van der Waals surface area contributed by atoms with E-state index in [1.165, 1.54) is 6.42 Å². The SMILES string of the molecule is CC(C)C(=O)Nc1ccc(CNS(=O)(=O)CC2CCCCC2)cc1. The van der Waals surface area contributed by atoms with Crippen molar-refractivity contribution in [1.82, 2.24) is 4.72 Å². The third-order valence-corrected chi connectivity index (χ3v) is 5.92. The smallest absolute Gasteiger partial charge is 0.226 e. The van der Waals surface area contributed by atoms with E-state index in [2.05, 4.69) is 10.0 Å². The number of carbonyl (C=O) groups excluding carboxylic acids is 1. The van der Waals surface area contributed by atoms with Crippen molar-refractivity contribution in [2.75, 3.05) is 11.1 Å². The molecule has 0 heterocycles. The van der Waals surface area contributed by atoms with E-state index in [4.69, 9.17) is 0 Å². The van der Waals surface area contributed by atoms with E-state index in [0.29, 0.717) is 5.92 Å². The van der Waals surface area contributed by atoms with Crippen LogP contribution in [0.1, 0.15) is 51.5 Å². The van der Waals surface area contributed by atoms with Gasteiger partial charge in [0, 0.05) is 18.2 Å². The van der Waals surface area contributed by atoms with E-state index in [-0.39, 0.29) is 24.1 Å². The van der Waals surface area contributed by atoms with Crippen LogP contribution in [-0.4, -0.2) is 20.1 Å². The van der Waals surface area contributed by atoms with Gasteiger partial charge in [-0.3, -0.25) is 4.79 Å². The molecule has 24 heavy (non-hydrogen) atoms. The number of carbonyl (C=O) groups is 1. The molecule has 1 aliphatic carbocycles. The molecule has 1 amide bonds. The van der Waals surface area contributed by atoms with Gasteiger partial charge in [-0.2, -0.15) is 0 Å². The maximum absolute atomic E-state index is 12.2. The highest BCUT2D eigenvalue weighted by Crippen LogP contribution is 2.24. The van der Waals surface area contributed by atoms with Crippen molar-refractivity contribution in [2.24, 2.45) is 11.8 Å². The van der Waals surface area contributed by atoms with Gasteiger partial charge < -0.3 is 5.32 Å². The molecule has 0 saturated heterocycles. The Bertz CT molecular complexity index is 633. The van der Waals surface area contributed by atoms with Crippen molar-refractivity contribution in [2.45, 2.75) is 52.5 Å². The summed E-state index contributed by atoms with van der Waals surface area (Å²) in [6.45, 7) is 3.96. The van der Waals surface area contributed by atoms with Gasteiger partial charge in [-0.15, -0.1) is 0 Å². The van der Waals surface area contributed by atoms with Crippen LogP contribution in [0, 0.1) is 11.8 Å². The molecule has 1 aliphatic rings. The number of hydrogen-bond acceptors (Lipinski definition) is 3. The summed E-state index contributed by atoms with van der Waals surface area (Å²) >= 11 is 0. The van der Waals surface area contributed by atoms with Gasteiger partial charge in [0.2, 0.25) is 15.9 Å². The molecule has 5 nitrogen and oxygen atoms in total. The van der Waals surface area contributed by atoms with Crippen molar-refractivity contribution in [1.29, 1.82) is 0 Å². The molecule has 0 atom stereocenters. The van der Waals surface area contributed by atoms with Crippen molar-refractivity contribution >= 4 is 21.6 Å². The Balaban J connectivity index is 1.83. The lowest BCUT2D eigenvalue weighted by molar-refractivity contribution is -0.118. The predicted octanol–water partition coefficient (Wildman–Crippen LogP) is 3.28. The second-order valence-corrected chi connectivity index (χ2v) is 8.80.